The van der Waals surface area contributed by atoms with Crippen LogP contribution >= 0.6 is 0 Å². The van der Waals surface area contributed by atoms with Crippen molar-refractivity contribution < 1.29 is 0 Å². The van der Waals surface area contributed by atoms with Gasteiger partial charge < -0.3 is 33.6 Å². The monoisotopic (exact) mass is 494 g/mol. The summed E-state index contributed by atoms with van der Waals surface area (Å²) in [6.07, 6.45) is 6.15. The maximum atomic E-state index is 6.00. The van der Waals surface area contributed by atoms with Gasteiger partial charge in [0.25, 0.3) is 0 Å². The minimum atomic E-state index is -0.164. The minimum Gasteiger partial charge on any atom is -0.399 e. The molecule has 5 rings (SSSR count). The third-order valence-electron chi connectivity index (χ3n) is 5.92. The fourth-order valence-corrected chi connectivity index (χ4v) is 4.06. The molecule has 1 heterocycles. The number of nitrogens with one attached hydrogen (secondary N) is 2. The molecule has 0 saturated carbocycles. The first kappa shape index (κ1) is 27.0. The number of benzene rings is 4. The lowest BCUT2D eigenvalue weighted by Gasteiger charge is -2.38. The van der Waals surface area contributed by atoms with Gasteiger partial charge in [0.1, 0.15) is 5.66 Å². The average Bonchev–Trinajstić information content (AvgIpc) is 2.88. The van der Waals surface area contributed by atoms with Gasteiger partial charge in [0.15, 0.2) is 0 Å². The van der Waals surface area contributed by atoms with Crippen molar-refractivity contribution in [1.29, 1.82) is 0 Å². The Morgan fingerprint density at radius 3 is 1.73 bits per heavy atom. The molecule has 37 heavy (non-hydrogen) atoms. The SMILES string of the molecule is C/C=C\C=C1\NC(C)(C)Nc2ccc(N)c(C)c21.Nc1ccc(N)c2ccccc12.Nc1ccccc1. The van der Waals surface area contributed by atoms with Gasteiger partial charge in [0, 0.05) is 50.5 Å². The Hall–Kier alpha value is -4.58. The van der Waals surface area contributed by atoms with Crippen LogP contribution in [0.2, 0.25) is 0 Å². The van der Waals surface area contributed by atoms with Gasteiger partial charge in [-0.1, -0.05) is 54.6 Å². The van der Waals surface area contributed by atoms with Crippen LogP contribution < -0.4 is 33.6 Å². The molecule has 4 aromatic carbocycles. The molecular formula is C31H38N6. The molecule has 0 spiro atoms. The number of nitrogens with two attached hydrogens (primary N) is 4. The van der Waals surface area contributed by atoms with Crippen molar-refractivity contribution >= 4 is 44.9 Å². The predicted molar refractivity (Wildman–Crippen MR) is 163 cm³/mol. The molecule has 6 nitrogen and oxygen atoms in total. The Kier molecular flexibility index (Phi) is 8.69. The Labute approximate surface area is 220 Å². The maximum absolute atomic E-state index is 6.00. The van der Waals surface area contributed by atoms with Crippen molar-refractivity contribution in [3.05, 3.63) is 108 Å². The van der Waals surface area contributed by atoms with Gasteiger partial charge >= 0.3 is 0 Å². The number of anilines is 5. The summed E-state index contributed by atoms with van der Waals surface area (Å²) in [6.45, 7) is 8.30. The summed E-state index contributed by atoms with van der Waals surface area (Å²) in [4.78, 5) is 0. The average molecular weight is 495 g/mol. The summed E-state index contributed by atoms with van der Waals surface area (Å²) in [5.41, 5.74) is 30.4. The summed E-state index contributed by atoms with van der Waals surface area (Å²) < 4.78 is 0. The number of allylic oxidation sites excluding steroid dienone is 3. The van der Waals surface area contributed by atoms with Crippen LogP contribution in [0, 0.1) is 6.92 Å². The van der Waals surface area contributed by atoms with Crippen molar-refractivity contribution in [2.45, 2.75) is 33.4 Å². The van der Waals surface area contributed by atoms with E-state index in [9.17, 15) is 0 Å². The zero-order chi connectivity index (χ0) is 27.0. The predicted octanol–water partition coefficient (Wildman–Crippen LogP) is 6.52. The largest absolute Gasteiger partial charge is 0.399 e. The summed E-state index contributed by atoms with van der Waals surface area (Å²) in [5.74, 6) is 0. The van der Waals surface area contributed by atoms with Crippen molar-refractivity contribution in [1.82, 2.24) is 5.32 Å². The molecule has 1 aliphatic heterocycles. The van der Waals surface area contributed by atoms with E-state index in [-0.39, 0.29) is 5.66 Å². The normalized spacial score (nSPS) is 14.4. The van der Waals surface area contributed by atoms with Crippen LogP contribution in [0.1, 0.15) is 31.9 Å². The molecule has 0 atom stereocenters. The first-order valence-corrected chi connectivity index (χ1v) is 12.2. The van der Waals surface area contributed by atoms with Gasteiger partial charge in [-0.05, 0) is 75.7 Å². The first-order chi connectivity index (χ1) is 17.6. The lowest BCUT2D eigenvalue weighted by Crippen LogP contribution is -2.48. The number of para-hydroxylation sites is 1. The fourth-order valence-electron chi connectivity index (χ4n) is 4.06. The molecule has 6 heteroatoms. The van der Waals surface area contributed by atoms with Crippen LogP contribution in [0.15, 0.2) is 97.1 Å². The second-order valence-electron chi connectivity index (χ2n) is 9.38. The summed E-state index contributed by atoms with van der Waals surface area (Å²) in [5, 5.41) is 9.02. The smallest absolute Gasteiger partial charge is 0.102 e. The first-order valence-electron chi connectivity index (χ1n) is 12.2. The van der Waals surface area contributed by atoms with E-state index in [4.69, 9.17) is 22.9 Å². The molecular weight excluding hydrogens is 456 g/mol. The van der Waals surface area contributed by atoms with Crippen LogP contribution in [0.25, 0.3) is 16.5 Å². The van der Waals surface area contributed by atoms with E-state index in [1.807, 2.05) is 97.9 Å². The molecule has 0 unspecified atom stereocenters. The topological polar surface area (TPSA) is 128 Å². The Balaban J connectivity index is 0.000000171. The third-order valence-corrected chi connectivity index (χ3v) is 5.92. The highest BCUT2D eigenvalue weighted by molar-refractivity contribution is 6.00. The highest BCUT2D eigenvalue weighted by Crippen LogP contribution is 2.35. The van der Waals surface area contributed by atoms with Gasteiger partial charge in [0.05, 0.1) is 0 Å². The van der Waals surface area contributed by atoms with E-state index >= 15 is 0 Å². The molecule has 0 saturated heterocycles. The molecule has 0 amide bonds. The van der Waals surface area contributed by atoms with Crippen LogP contribution in [-0.4, -0.2) is 5.66 Å². The van der Waals surface area contributed by atoms with Crippen LogP contribution in [-0.2, 0) is 0 Å². The van der Waals surface area contributed by atoms with Gasteiger partial charge in [-0.3, -0.25) is 0 Å². The molecule has 0 fully saturated rings. The summed E-state index contributed by atoms with van der Waals surface area (Å²) >= 11 is 0. The Bertz CT molecular complexity index is 1360. The molecule has 0 aromatic heterocycles. The van der Waals surface area contributed by atoms with Crippen molar-refractivity contribution in [3.8, 4) is 0 Å². The van der Waals surface area contributed by atoms with Crippen LogP contribution in [0.5, 0.6) is 0 Å². The highest BCUT2D eigenvalue weighted by atomic mass is 15.2. The third kappa shape index (κ3) is 6.98. The van der Waals surface area contributed by atoms with Crippen molar-refractivity contribution in [2.75, 3.05) is 28.3 Å². The molecule has 10 N–H and O–H groups in total. The Morgan fingerprint density at radius 1 is 0.676 bits per heavy atom. The zero-order valence-electron chi connectivity index (χ0n) is 22.0. The Morgan fingerprint density at radius 2 is 1.22 bits per heavy atom. The van der Waals surface area contributed by atoms with Gasteiger partial charge in [-0.15, -0.1) is 0 Å². The van der Waals surface area contributed by atoms with Crippen LogP contribution in [0.4, 0.5) is 28.4 Å². The van der Waals surface area contributed by atoms with E-state index in [0.29, 0.717) is 0 Å². The summed E-state index contributed by atoms with van der Waals surface area (Å²) in [7, 11) is 0. The fraction of sp³-hybridized carbons (Fsp3) is 0.161. The van der Waals surface area contributed by atoms with E-state index < -0.39 is 0 Å². The number of hydrogen-bond donors (Lipinski definition) is 6. The number of fused-ring (bicyclic) bond motifs is 2. The maximum Gasteiger partial charge on any atom is 0.102 e. The number of nitrogen functional groups attached to an aromatic ring is 4. The van der Waals surface area contributed by atoms with E-state index in [1.54, 1.807) is 0 Å². The highest BCUT2D eigenvalue weighted by Gasteiger charge is 2.27. The quantitative estimate of drug-likeness (QED) is 0.167. The second kappa shape index (κ2) is 11.9. The molecule has 0 radical (unpaired) electrons. The van der Waals surface area contributed by atoms with Gasteiger partial charge in [-0.2, -0.15) is 0 Å². The lowest BCUT2D eigenvalue weighted by atomic mass is 9.96. The van der Waals surface area contributed by atoms with Crippen LogP contribution in [0.3, 0.4) is 0 Å². The van der Waals surface area contributed by atoms with Gasteiger partial charge in [0.2, 0.25) is 0 Å². The minimum absolute atomic E-state index is 0.164. The molecule has 0 bridgehead atoms. The molecule has 1 aliphatic rings. The molecule has 4 aromatic rings. The van der Waals surface area contributed by atoms with E-state index in [0.717, 1.165) is 56.0 Å². The second-order valence-corrected chi connectivity index (χ2v) is 9.38. The van der Waals surface area contributed by atoms with E-state index in [2.05, 4.69) is 37.5 Å². The number of rotatable bonds is 1. The standard InChI is InChI=1S/C15H21N3.C10H10N2.C6H7N/c1-5-6-7-12-14-10(2)11(16)8-9-13(14)18-15(3,4)17-12;11-9-5-6-10(12)8-4-2-1-3-7(8)9;7-6-4-2-1-3-5-6/h5-9,17-18H,16H2,1-4H3;1-6H,11-12H2;1-5H,7H2/b6-5-,12-7+;;. The van der Waals surface area contributed by atoms with E-state index in [1.165, 1.54) is 0 Å². The molecule has 192 valence electrons. The van der Waals surface area contributed by atoms with Crippen molar-refractivity contribution in [2.24, 2.45) is 0 Å². The lowest BCUT2D eigenvalue weighted by molar-refractivity contribution is 0.508. The van der Waals surface area contributed by atoms with Crippen molar-refractivity contribution in [3.63, 3.8) is 0 Å². The van der Waals surface area contributed by atoms with Gasteiger partial charge in [-0.25, -0.2) is 0 Å². The number of hydrogen-bond acceptors (Lipinski definition) is 6. The molecule has 0 aliphatic carbocycles. The zero-order valence-corrected chi connectivity index (χ0v) is 22.0. The summed E-state index contributed by atoms with van der Waals surface area (Å²) in [6, 6.07) is 25.0.